The number of rotatable bonds is 2. The van der Waals surface area contributed by atoms with Crippen molar-refractivity contribution in [2.45, 2.75) is 13.3 Å². The number of H-pyrrole nitrogens is 1. The molecule has 2 aromatic carbocycles. The third kappa shape index (κ3) is 2.16. The molecule has 1 N–H and O–H groups in total. The molecule has 0 saturated carbocycles. The molecule has 0 amide bonds. The van der Waals surface area contributed by atoms with Crippen molar-refractivity contribution >= 4 is 22.6 Å². The van der Waals surface area contributed by atoms with Gasteiger partial charge in [-0.3, -0.25) is 0 Å². The fourth-order valence-electron chi connectivity index (χ4n) is 2.11. The normalized spacial score (nSPS) is 11.2. The van der Waals surface area contributed by atoms with E-state index in [0.717, 1.165) is 29.6 Å². The number of nitrogens with zero attached hydrogens (tertiary/aromatic N) is 1. The molecule has 20 heavy (non-hydrogen) atoms. The van der Waals surface area contributed by atoms with Gasteiger partial charge in [0, 0.05) is 0 Å². The van der Waals surface area contributed by atoms with Crippen LogP contribution >= 0.6 is 11.6 Å². The topological polar surface area (TPSA) is 28.7 Å². The van der Waals surface area contributed by atoms with Gasteiger partial charge < -0.3 is 4.98 Å². The summed E-state index contributed by atoms with van der Waals surface area (Å²) in [7, 11) is 0. The highest BCUT2D eigenvalue weighted by Crippen LogP contribution is 2.27. The van der Waals surface area contributed by atoms with Gasteiger partial charge in [0.2, 0.25) is 0 Å². The Bertz CT molecular complexity index is 796. The zero-order valence-electron chi connectivity index (χ0n) is 10.7. The summed E-state index contributed by atoms with van der Waals surface area (Å²) in [6.07, 6.45) is 0.897. The zero-order chi connectivity index (χ0) is 14.3. The van der Waals surface area contributed by atoms with Crippen molar-refractivity contribution in [2.75, 3.05) is 0 Å². The van der Waals surface area contributed by atoms with Gasteiger partial charge in [-0.25, -0.2) is 13.8 Å². The van der Waals surface area contributed by atoms with E-state index in [1.54, 1.807) is 0 Å². The third-order valence-electron chi connectivity index (χ3n) is 3.22. The van der Waals surface area contributed by atoms with Crippen molar-refractivity contribution in [3.8, 4) is 11.4 Å². The molecule has 0 aliphatic heterocycles. The molecule has 0 saturated heterocycles. The van der Waals surface area contributed by atoms with Crippen molar-refractivity contribution in [3.05, 3.63) is 52.6 Å². The summed E-state index contributed by atoms with van der Waals surface area (Å²) < 4.78 is 27.4. The first-order valence-electron chi connectivity index (χ1n) is 6.22. The number of nitrogens with one attached hydrogen (secondary N) is 1. The second kappa shape index (κ2) is 4.87. The van der Waals surface area contributed by atoms with Gasteiger partial charge in [-0.1, -0.05) is 24.6 Å². The lowest BCUT2D eigenvalue weighted by atomic mass is 10.1. The van der Waals surface area contributed by atoms with Crippen LogP contribution in [0.3, 0.4) is 0 Å². The molecule has 1 aromatic heterocycles. The van der Waals surface area contributed by atoms with E-state index in [-0.39, 0.29) is 10.6 Å². The number of halogens is 3. The van der Waals surface area contributed by atoms with Gasteiger partial charge in [-0.2, -0.15) is 0 Å². The first-order valence-corrected chi connectivity index (χ1v) is 6.60. The van der Waals surface area contributed by atoms with Crippen molar-refractivity contribution in [1.82, 2.24) is 9.97 Å². The smallest absolute Gasteiger partial charge is 0.142 e. The molecular formula is C15H11ClF2N2. The van der Waals surface area contributed by atoms with Gasteiger partial charge in [0.05, 0.1) is 21.6 Å². The predicted octanol–water partition coefficient (Wildman–Crippen LogP) is 4.72. The molecule has 102 valence electrons. The molecule has 1 heterocycles. The Hall–Kier alpha value is -1.94. The molecule has 3 aromatic rings. The van der Waals surface area contributed by atoms with Gasteiger partial charge in [-0.15, -0.1) is 0 Å². The van der Waals surface area contributed by atoms with Gasteiger partial charge in [0.15, 0.2) is 0 Å². The summed E-state index contributed by atoms with van der Waals surface area (Å²) in [4.78, 5) is 7.30. The van der Waals surface area contributed by atoms with Crippen LogP contribution in [0.1, 0.15) is 12.5 Å². The molecule has 0 aliphatic rings. The van der Waals surface area contributed by atoms with Gasteiger partial charge in [-0.05, 0) is 36.2 Å². The van der Waals surface area contributed by atoms with Crippen LogP contribution in [-0.2, 0) is 6.42 Å². The highest BCUT2D eigenvalue weighted by Gasteiger charge is 2.14. The summed E-state index contributed by atoms with van der Waals surface area (Å²) in [6.45, 7) is 2.05. The van der Waals surface area contributed by atoms with Crippen LogP contribution in [0, 0.1) is 11.6 Å². The van der Waals surface area contributed by atoms with Gasteiger partial charge >= 0.3 is 0 Å². The average Bonchev–Trinajstić information content (AvgIpc) is 2.85. The molecule has 0 aliphatic carbocycles. The van der Waals surface area contributed by atoms with Crippen LogP contribution in [0.15, 0.2) is 30.3 Å². The summed E-state index contributed by atoms with van der Waals surface area (Å²) in [6, 6.07) is 7.78. The molecule has 5 heteroatoms. The molecular weight excluding hydrogens is 282 g/mol. The van der Waals surface area contributed by atoms with E-state index in [1.807, 2.05) is 25.1 Å². The molecule has 0 radical (unpaired) electrons. The second-order valence-electron chi connectivity index (χ2n) is 4.54. The largest absolute Gasteiger partial charge is 0.338 e. The number of aromatic amines is 1. The summed E-state index contributed by atoms with van der Waals surface area (Å²) >= 11 is 5.55. The number of aryl methyl sites for hydroxylation is 1. The maximum atomic E-state index is 13.9. The van der Waals surface area contributed by atoms with Crippen molar-refractivity contribution in [3.63, 3.8) is 0 Å². The number of benzene rings is 2. The Morgan fingerprint density at radius 1 is 1.15 bits per heavy atom. The minimum absolute atomic E-state index is 0.0705. The lowest BCUT2D eigenvalue weighted by Gasteiger charge is -2.01. The van der Waals surface area contributed by atoms with E-state index in [2.05, 4.69) is 9.97 Å². The van der Waals surface area contributed by atoms with Crippen LogP contribution in [0.25, 0.3) is 22.4 Å². The number of imidazole rings is 1. The summed E-state index contributed by atoms with van der Waals surface area (Å²) in [5, 5.41) is -0.240. The van der Waals surface area contributed by atoms with E-state index in [1.165, 1.54) is 0 Å². The molecule has 0 atom stereocenters. The number of aromatic nitrogens is 2. The predicted molar refractivity (Wildman–Crippen MR) is 75.8 cm³/mol. The van der Waals surface area contributed by atoms with E-state index in [0.29, 0.717) is 11.3 Å². The van der Waals surface area contributed by atoms with Crippen LogP contribution in [0.4, 0.5) is 8.78 Å². The van der Waals surface area contributed by atoms with Crippen LogP contribution in [0.5, 0.6) is 0 Å². The van der Waals surface area contributed by atoms with Crippen LogP contribution < -0.4 is 0 Å². The lowest BCUT2D eigenvalue weighted by Crippen LogP contribution is -1.89. The minimum atomic E-state index is -0.669. The van der Waals surface area contributed by atoms with Gasteiger partial charge in [0.25, 0.3) is 0 Å². The minimum Gasteiger partial charge on any atom is -0.338 e. The lowest BCUT2D eigenvalue weighted by molar-refractivity contribution is 0.602. The maximum Gasteiger partial charge on any atom is 0.142 e. The Morgan fingerprint density at radius 2 is 1.95 bits per heavy atom. The highest BCUT2D eigenvalue weighted by molar-refractivity contribution is 6.30. The van der Waals surface area contributed by atoms with E-state index >= 15 is 0 Å². The molecule has 0 unspecified atom stereocenters. The van der Waals surface area contributed by atoms with Crippen molar-refractivity contribution < 1.29 is 8.78 Å². The first kappa shape index (κ1) is 13.1. The summed E-state index contributed by atoms with van der Waals surface area (Å²) in [5.74, 6) is -0.981. The number of fused-ring (bicyclic) bond motifs is 1. The average molecular weight is 293 g/mol. The van der Waals surface area contributed by atoms with Crippen molar-refractivity contribution in [2.24, 2.45) is 0 Å². The standard InChI is InChI=1S/C15H11ClF2N2/c1-2-8-3-4-13-14(5-8)20-15(19-13)9-6-12(18)10(16)7-11(9)17/h3-7H,2H2,1H3,(H,19,20). The fourth-order valence-corrected chi connectivity index (χ4v) is 2.26. The van der Waals surface area contributed by atoms with Crippen LogP contribution in [-0.4, -0.2) is 9.97 Å². The zero-order valence-corrected chi connectivity index (χ0v) is 11.4. The third-order valence-corrected chi connectivity index (χ3v) is 3.51. The molecule has 0 spiro atoms. The SMILES string of the molecule is CCc1ccc2nc(-c3cc(F)c(Cl)cc3F)[nH]c2c1. The van der Waals surface area contributed by atoms with Crippen molar-refractivity contribution in [1.29, 1.82) is 0 Å². The Balaban J connectivity index is 2.17. The Kier molecular flexibility index (Phi) is 3.18. The summed E-state index contributed by atoms with van der Waals surface area (Å²) in [5.41, 5.74) is 2.73. The quantitative estimate of drug-likeness (QED) is 0.680. The molecule has 0 bridgehead atoms. The number of hydrogen-bond acceptors (Lipinski definition) is 1. The monoisotopic (exact) mass is 292 g/mol. The number of hydrogen-bond donors (Lipinski definition) is 1. The van der Waals surface area contributed by atoms with E-state index in [9.17, 15) is 8.78 Å². The highest BCUT2D eigenvalue weighted by atomic mass is 35.5. The Morgan fingerprint density at radius 3 is 2.70 bits per heavy atom. The molecule has 3 rings (SSSR count). The second-order valence-corrected chi connectivity index (χ2v) is 4.94. The van der Waals surface area contributed by atoms with E-state index < -0.39 is 11.6 Å². The van der Waals surface area contributed by atoms with Gasteiger partial charge in [0.1, 0.15) is 17.5 Å². The Labute approximate surface area is 119 Å². The fraction of sp³-hybridized carbons (Fsp3) is 0.133. The molecule has 0 fully saturated rings. The van der Waals surface area contributed by atoms with E-state index in [4.69, 9.17) is 11.6 Å². The molecule has 2 nitrogen and oxygen atoms in total. The maximum absolute atomic E-state index is 13.9. The first-order chi connectivity index (χ1) is 9.58. The van der Waals surface area contributed by atoms with Crippen LogP contribution in [0.2, 0.25) is 5.02 Å².